The number of carboxylic acid groups (broad SMARTS) is 1. The Hall–Kier alpha value is -3.49. The molecule has 0 aliphatic heterocycles. The predicted molar refractivity (Wildman–Crippen MR) is 95.7 cm³/mol. The molecule has 0 aliphatic carbocycles. The Morgan fingerprint density at radius 2 is 1.89 bits per heavy atom. The molecule has 2 N–H and O–H groups in total. The lowest BCUT2D eigenvalue weighted by Crippen LogP contribution is -2.12. The highest BCUT2D eigenvalue weighted by atomic mass is 19.1. The Bertz CT molecular complexity index is 979. The summed E-state index contributed by atoms with van der Waals surface area (Å²) in [6.07, 6.45) is 7.06. The Labute approximate surface area is 154 Å². The van der Waals surface area contributed by atoms with Gasteiger partial charge >= 0.3 is 5.97 Å². The summed E-state index contributed by atoms with van der Waals surface area (Å²) in [6, 6.07) is 3.92. The number of carboxylic acids is 1. The van der Waals surface area contributed by atoms with E-state index in [1.165, 1.54) is 35.4 Å². The van der Waals surface area contributed by atoms with Gasteiger partial charge in [0.15, 0.2) is 0 Å². The number of nitrogens with one attached hydrogen (secondary N) is 1. The maximum Gasteiger partial charge on any atom is 0.325 e. The molecule has 0 atom stereocenters. The van der Waals surface area contributed by atoms with Crippen LogP contribution in [0.4, 0.5) is 10.1 Å². The zero-order valence-corrected chi connectivity index (χ0v) is 14.6. The summed E-state index contributed by atoms with van der Waals surface area (Å²) in [5.41, 5.74) is 1.60. The zero-order chi connectivity index (χ0) is 19.4. The molecule has 0 saturated heterocycles. The van der Waals surface area contributed by atoms with Crippen molar-refractivity contribution in [3.8, 4) is 11.1 Å². The third-order valence-corrected chi connectivity index (χ3v) is 3.77. The zero-order valence-electron chi connectivity index (χ0n) is 14.6. The summed E-state index contributed by atoms with van der Waals surface area (Å²) in [6.45, 7) is 2.46. The lowest BCUT2D eigenvalue weighted by atomic mass is 10.1. The normalized spacial score (nSPS) is 10.7. The molecule has 3 aromatic rings. The predicted octanol–water partition coefficient (Wildman–Crippen LogP) is 2.63. The molecule has 9 heteroatoms. The molecule has 2 aromatic heterocycles. The number of hydrogen-bond donors (Lipinski definition) is 2. The van der Waals surface area contributed by atoms with Crippen LogP contribution in [0.25, 0.3) is 11.1 Å². The highest BCUT2D eigenvalue weighted by Gasteiger charge is 2.13. The van der Waals surface area contributed by atoms with E-state index in [0.29, 0.717) is 16.8 Å². The first kappa shape index (κ1) is 18.3. The molecule has 140 valence electrons. The van der Waals surface area contributed by atoms with Crippen LogP contribution in [-0.4, -0.2) is 36.5 Å². The number of carbonyl (C=O) groups excluding carboxylic acids is 1. The molecule has 0 saturated carbocycles. The topological polar surface area (TPSA) is 102 Å². The lowest BCUT2D eigenvalue weighted by molar-refractivity contribution is -0.137. The van der Waals surface area contributed by atoms with Gasteiger partial charge in [0.1, 0.15) is 12.4 Å². The first-order valence-corrected chi connectivity index (χ1v) is 8.33. The van der Waals surface area contributed by atoms with Gasteiger partial charge in [0.25, 0.3) is 5.91 Å². The minimum absolute atomic E-state index is 0.138. The summed E-state index contributed by atoms with van der Waals surface area (Å²) in [5, 5.41) is 19.5. The molecule has 0 unspecified atom stereocenters. The summed E-state index contributed by atoms with van der Waals surface area (Å²) in [7, 11) is 0. The third-order valence-electron chi connectivity index (χ3n) is 3.77. The molecule has 27 heavy (non-hydrogen) atoms. The number of halogens is 1. The lowest BCUT2D eigenvalue weighted by Gasteiger charge is -2.05. The van der Waals surface area contributed by atoms with Crippen molar-refractivity contribution in [2.45, 2.75) is 26.4 Å². The molecule has 0 radical (unpaired) electrons. The smallest absolute Gasteiger partial charge is 0.325 e. The number of hydrogen-bond acceptors (Lipinski definition) is 4. The van der Waals surface area contributed by atoms with Crippen LogP contribution in [0, 0.1) is 5.82 Å². The van der Waals surface area contributed by atoms with Gasteiger partial charge in [0, 0.05) is 30.1 Å². The standard InChI is InChI=1S/C18H18FN5O3/c1-2-3-23-10-16(8-21-23)22-18(27)13-4-12(5-15(19)6-13)14-7-20-24(9-14)11-17(25)26/h4-10H,2-3,11H2,1H3,(H,22,27)(H,25,26). The summed E-state index contributed by atoms with van der Waals surface area (Å²) in [4.78, 5) is 23.2. The molecule has 8 nitrogen and oxygen atoms in total. The number of amides is 1. The number of benzene rings is 1. The van der Waals surface area contributed by atoms with Crippen molar-refractivity contribution in [3.05, 3.63) is 54.4 Å². The van der Waals surface area contributed by atoms with E-state index in [1.54, 1.807) is 10.9 Å². The Balaban J connectivity index is 1.80. The van der Waals surface area contributed by atoms with Gasteiger partial charge in [-0.05, 0) is 30.2 Å². The molecule has 1 amide bonds. The molecule has 3 rings (SSSR count). The molecule has 0 aliphatic rings. The summed E-state index contributed by atoms with van der Waals surface area (Å²) >= 11 is 0. The van der Waals surface area contributed by atoms with Crippen LogP contribution in [0.2, 0.25) is 0 Å². The maximum atomic E-state index is 14.0. The quantitative estimate of drug-likeness (QED) is 0.665. The van der Waals surface area contributed by atoms with Crippen molar-refractivity contribution in [2.75, 3.05) is 5.32 Å². The molecular formula is C18H18FN5O3. The largest absolute Gasteiger partial charge is 0.480 e. The monoisotopic (exact) mass is 371 g/mol. The Kier molecular flexibility index (Phi) is 5.30. The van der Waals surface area contributed by atoms with Gasteiger partial charge in [-0.1, -0.05) is 6.92 Å². The van der Waals surface area contributed by atoms with E-state index in [4.69, 9.17) is 5.11 Å². The number of aliphatic carboxylic acids is 1. The second-order valence-corrected chi connectivity index (χ2v) is 6.00. The van der Waals surface area contributed by atoms with Crippen LogP contribution in [0.1, 0.15) is 23.7 Å². The van der Waals surface area contributed by atoms with Crippen molar-refractivity contribution >= 4 is 17.6 Å². The summed E-state index contributed by atoms with van der Waals surface area (Å²) in [5.74, 6) is -2.08. The molecule has 1 aromatic carbocycles. The molecule has 2 heterocycles. The van der Waals surface area contributed by atoms with Crippen molar-refractivity contribution in [1.82, 2.24) is 19.6 Å². The third kappa shape index (κ3) is 4.57. The molecular weight excluding hydrogens is 353 g/mol. The van der Waals surface area contributed by atoms with Crippen LogP contribution in [0.3, 0.4) is 0 Å². The van der Waals surface area contributed by atoms with E-state index in [0.717, 1.165) is 19.0 Å². The van der Waals surface area contributed by atoms with E-state index >= 15 is 0 Å². The van der Waals surface area contributed by atoms with Crippen LogP contribution in [0.15, 0.2) is 43.0 Å². The summed E-state index contributed by atoms with van der Waals surface area (Å²) < 4.78 is 17.0. The number of anilines is 1. The fraction of sp³-hybridized carbons (Fsp3) is 0.222. The number of rotatable bonds is 7. The Morgan fingerprint density at radius 1 is 1.11 bits per heavy atom. The number of aromatic nitrogens is 4. The fourth-order valence-electron chi connectivity index (χ4n) is 2.61. The van der Waals surface area contributed by atoms with Gasteiger partial charge < -0.3 is 10.4 Å². The van der Waals surface area contributed by atoms with E-state index < -0.39 is 17.7 Å². The van der Waals surface area contributed by atoms with Crippen LogP contribution in [-0.2, 0) is 17.9 Å². The first-order valence-electron chi connectivity index (χ1n) is 8.33. The minimum atomic E-state index is -1.03. The van der Waals surface area contributed by atoms with E-state index in [1.807, 2.05) is 6.92 Å². The van der Waals surface area contributed by atoms with E-state index in [9.17, 15) is 14.0 Å². The van der Waals surface area contributed by atoms with Gasteiger partial charge in [0.2, 0.25) is 0 Å². The van der Waals surface area contributed by atoms with Crippen molar-refractivity contribution < 1.29 is 19.1 Å². The van der Waals surface area contributed by atoms with E-state index in [-0.39, 0.29) is 12.1 Å². The van der Waals surface area contributed by atoms with Gasteiger partial charge in [-0.15, -0.1) is 0 Å². The number of nitrogens with zero attached hydrogens (tertiary/aromatic N) is 4. The van der Waals surface area contributed by atoms with Gasteiger partial charge in [-0.2, -0.15) is 10.2 Å². The van der Waals surface area contributed by atoms with Gasteiger partial charge in [0.05, 0.1) is 18.1 Å². The highest BCUT2D eigenvalue weighted by molar-refractivity contribution is 6.04. The molecule has 0 bridgehead atoms. The van der Waals surface area contributed by atoms with E-state index in [2.05, 4.69) is 15.5 Å². The Morgan fingerprint density at radius 3 is 2.63 bits per heavy atom. The van der Waals surface area contributed by atoms with Gasteiger partial charge in [-0.25, -0.2) is 4.39 Å². The average Bonchev–Trinajstić information content (AvgIpc) is 3.24. The van der Waals surface area contributed by atoms with Crippen LogP contribution < -0.4 is 5.32 Å². The fourth-order valence-corrected chi connectivity index (χ4v) is 2.61. The van der Waals surface area contributed by atoms with Crippen molar-refractivity contribution in [2.24, 2.45) is 0 Å². The molecule has 0 fully saturated rings. The number of aryl methyl sites for hydroxylation is 1. The van der Waals surface area contributed by atoms with Crippen molar-refractivity contribution in [3.63, 3.8) is 0 Å². The first-order chi connectivity index (χ1) is 12.9. The average molecular weight is 371 g/mol. The maximum absolute atomic E-state index is 14.0. The minimum Gasteiger partial charge on any atom is -0.480 e. The highest BCUT2D eigenvalue weighted by Crippen LogP contribution is 2.22. The van der Waals surface area contributed by atoms with Crippen LogP contribution >= 0.6 is 0 Å². The van der Waals surface area contributed by atoms with Crippen molar-refractivity contribution in [1.29, 1.82) is 0 Å². The number of carbonyl (C=O) groups is 2. The second kappa shape index (κ2) is 7.81. The second-order valence-electron chi connectivity index (χ2n) is 6.00. The van der Waals surface area contributed by atoms with Gasteiger partial charge in [-0.3, -0.25) is 19.0 Å². The SMILES string of the molecule is CCCn1cc(NC(=O)c2cc(F)cc(-c3cnn(CC(=O)O)c3)c2)cn1. The molecule has 0 spiro atoms. The van der Waals surface area contributed by atoms with Crippen LogP contribution in [0.5, 0.6) is 0 Å².